The van der Waals surface area contributed by atoms with Crippen LogP contribution in [-0.4, -0.2) is 0 Å². The molecular weight excluding hydrogens is 771 g/mol. The monoisotopic (exact) mass is 819 g/mol. The Morgan fingerprint density at radius 3 is 1.03 bits per heavy atom. The van der Waals surface area contributed by atoms with Gasteiger partial charge in [0.05, 0.1) is 0 Å². The molecule has 0 bridgehead atoms. The van der Waals surface area contributed by atoms with Gasteiger partial charge in [0.2, 0.25) is 0 Å². The molecule has 64 heavy (non-hydrogen) atoms. The Kier molecular flexibility index (Phi) is 11.6. The molecule has 0 saturated heterocycles. The van der Waals surface area contributed by atoms with E-state index in [4.69, 9.17) is 0 Å². The van der Waals surface area contributed by atoms with Crippen LogP contribution in [0.4, 0.5) is 17.1 Å². The van der Waals surface area contributed by atoms with E-state index in [1.165, 1.54) is 77.9 Å². The Bertz CT molecular complexity index is 2950. The highest BCUT2D eigenvalue weighted by Gasteiger charge is 2.20. The summed E-state index contributed by atoms with van der Waals surface area (Å²) in [6, 6.07) is 87.6. The Balaban J connectivity index is 0.939. The van der Waals surface area contributed by atoms with E-state index < -0.39 is 0 Å². The molecule has 1 aliphatic carbocycles. The van der Waals surface area contributed by atoms with Gasteiger partial charge in [-0.2, -0.15) is 0 Å². The number of anilines is 3. The van der Waals surface area contributed by atoms with Crippen LogP contribution in [0, 0.1) is 0 Å². The maximum atomic E-state index is 2.38. The summed E-state index contributed by atoms with van der Waals surface area (Å²) in [5, 5.41) is 0. The lowest BCUT2D eigenvalue weighted by molar-refractivity contribution is 0.974. The van der Waals surface area contributed by atoms with Gasteiger partial charge in [0.15, 0.2) is 0 Å². The van der Waals surface area contributed by atoms with Gasteiger partial charge in [-0.3, -0.25) is 0 Å². The third kappa shape index (κ3) is 8.71. The average molecular weight is 820 g/mol. The minimum Gasteiger partial charge on any atom is -0.311 e. The summed E-state index contributed by atoms with van der Waals surface area (Å²) in [7, 11) is 0. The average Bonchev–Trinajstić information content (AvgIpc) is 3.39. The second kappa shape index (κ2) is 18.5. The molecule has 0 spiro atoms. The molecule has 0 saturated carbocycles. The number of allylic oxidation sites excluding steroid dienone is 6. The van der Waals surface area contributed by atoms with Gasteiger partial charge in [0.1, 0.15) is 0 Å². The first-order valence-electron chi connectivity index (χ1n) is 22.3. The number of nitrogens with zero attached hydrogens (tertiary/aromatic N) is 1. The van der Waals surface area contributed by atoms with E-state index in [1.807, 2.05) is 0 Å². The Morgan fingerprint density at radius 2 is 0.672 bits per heavy atom. The third-order valence-corrected chi connectivity index (χ3v) is 12.5. The number of hydrogen-bond acceptors (Lipinski definition) is 1. The van der Waals surface area contributed by atoms with E-state index in [2.05, 4.69) is 273 Å². The summed E-state index contributed by atoms with van der Waals surface area (Å²) in [6.07, 6.45) is 7.89. The molecule has 1 unspecified atom stereocenters. The van der Waals surface area contributed by atoms with Gasteiger partial charge >= 0.3 is 0 Å². The van der Waals surface area contributed by atoms with Crippen LogP contribution < -0.4 is 4.90 Å². The van der Waals surface area contributed by atoms with Crippen molar-refractivity contribution >= 4 is 28.2 Å². The van der Waals surface area contributed by atoms with Crippen LogP contribution in [0.5, 0.6) is 0 Å². The molecule has 0 radical (unpaired) electrons. The molecule has 0 fully saturated rings. The fraction of sp³-hybridized carbons (Fsp3) is 0.0476. The molecule has 9 aromatic carbocycles. The van der Waals surface area contributed by atoms with Gasteiger partial charge in [-0.05, 0) is 121 Å². The first-order chi connectivity index (χ1) is 31.6. The molecule has 0 heterocycles. The van der Waals surface area contributed by atoms with Gasteiger partial charge in [-0.15, -0.1) is 0 Å². The van der Waals surface area contributed by atoms with Crippen LogP contribution >= 0.6 is 0 Å². The van der Waals surface area contributed by atoms with Gasteiger partial charge < -0.3 is 4.90 Å². The minimum atomic E-state index is 0.181. The van der Waals surface area contributed by atoms with Crippen LogP contribution in [0.3, 0.4) is 0 Å². The first kappa shape index (κ1) is 40.1. The number of benzene rings is 9. The molecule has 10 rings (SSSR count). The Morgan fingerprint density at radius 1 is 0.344 bits per heavy atom. The summed E-state index contributed by atoms with van der Waals surface area (Å²) in [4.78, 5) is 2.34. The summed E-state index contributed by atoms with van der Waals surface area (Å²) >= 11 is 0. The smallest absolute Gasteiger partial charge is 0.0462 e. The van der Waals surface area contributed by atoms with Crippen LogP contribution in [0.15, 0.2) is 266 Å². The fourth-order valence-electron chi connectivity index (χ4n) is 9.03. The maximum absolute atomic E-state index is 2.38. The molecule has 0 amide bonds. The van der Waals surface area contributed by atoms with E-state index >= 15 is 0 Å². The van der Waals surface area contributed by atoms with Crippen molar-refractivity contribution in [1.29, 1.82) is 0 Å². The van der Waals surface area contributed by atoms with E-state index in [9.17, 15) is 0 Å². The Labute approximate surface area is 378 Å². The van der Waals surface area contributed by atoms with Crippen LogP contribution in [0.1, 0.15) is 36.0 Å². The van der Waals surface area contributed by atoms with Crippen molar-refractivity contribution in [2.75, 3.05) is 4.90 Å². The molecule has 1 atom stereocenters. The SMILES string of the molecule is CC(C(=C1C=CC(c2ccccc2)=CC1)c1ccc(-c2ccccc2)cc1)c1ccc(-c2ccc(N(c3ccc(-c4ccccc4)cc3)c3ccc(-c4ccccc4)cc3)cc2)cc1. The van der Waals surface area contributed by atoms with E-state index in [0.717, 1.165) is 23.5 Å². The standard InChI is InChI=1S/C63H49N/c1-46(63(58-30-26-52(27-31-58)48-14-6-2-7-15-48)59-32-28-53(29-33-59)49-16-8-3-9-17-49)47-22-24-54(25-23-47)57-38-44-62(45-39-57)64(60-40-34-55(35-41-60)50-18-10-4-11-19-50)61-42-36-56(37-43-61)51-20-12-5-13-21-51/h2-32,34-46H,33H2,1H3. The van der Waals surface area contributed by atoms with E-state index in [-0.39, 0.29) is 5.92 Å². The zero-order valence-electron chi connectivity index (χ0n) is 36.1. The molecule has 0 aromatic heterocycles. The van der Waals surface area contributed by atoms with Crippen molar-refractivity contribution in [2.24, 2.45) is 0 Å². The molecule has 1 aliphatic rings. The summed E-state index contributed by atoms with van der Waals surface area (Å²) in [5.41, 5.74) is 20.8. The second-order valence-corrected chi connectivity index (χ2v) is 16.5. The van der Waals surface area contributed by atoms with Gasteiger partial charge in [0.25, 0.3) is 0 Å². The lowest BCUT2D eigenvalue weighted by atomic mass is 9.81. The molecule has 0 aliphatic heterocycles. The topological polar surface area (TPSA) is 3.24 Å². The molecular formula is C63H49N. The van der Waals surface area contributed by atoms with E-state index in [0.29, 0.717) is 0 Å². The molecule has 1 heteroatoms. The van der Waals surface area contributed by atoms with Gasteiger partial charge in [-0.25, -0.2) is 0 Å². The third-order valence-electron chi connectivity index (χ3n) is 12.5. The molecule has 1 nitrogen and oxygen atoms in total. The summed E-state index contributed by atoms with van der Waals surface area (Å²) < 4.78 is 0. The summed E-state index contributed by atoms with van der Waals surface area (Å²) in [5.74, 6) is 0.181. The van der Waals surface area contributed by atoms with Crippen molar-refractivity contribution in [1.82, 2.24) is 0 Å². The maximum Gasteiger partial charge on any atom is 0.0462 e. The predicted molar refractivity (Wildman–Crippen MR) is 273 cm³/mol. The van der Waals surface area contributed by atoms with Crippen molar-refractivity contribution in [2.45, 2.75) is 19.3 Å². The lowest BCUT2D eigenvalue weighted by Gasteiger charge is -2.26. The summed E-state index contributed by atoms with van der Waals surface area (Å²) in [6.45, 7) is 2.36. The highest BCUT2D eigenvalue weighted by atomic mass is 15.1. The highest BCUT2D eigenvalue weighted by Crippen LogP contribution is 2.41. The van der Waals surface area contributed by atoms with E-state index in [1.54, 1.807) is 0 Å². The van der Waals surface area contributed by atoms with Crippen LogP contribution in [0.25, 0.3) is 55.7 Å². The second-order valence-electron chi connectivity index (χ2n) is 16.5. The predicted octanol–water partition coefficient (Wildman–Crippen LogP) is 17.4. The molecule has 0 N–H and O–H groups in total. The normalized spacial score (nSPS) is 13.5. The minimum absolute atomic E-state index is 0.181. The van der Waals surface area contributed by atoms with Gasteiger partial charge in [0, 0.05) is 23.0 Å². The first-order valence-corrected chi connectivity index (χ1v) is 22.3. The number of hydrogen-bond donors (Lipinski definition) is 0. The lowest BCUT2D eigenvalue weighted by Crippen LogP contribution is -2.09. The van der Waals surface area contributed by atoms with Crippen molar-refractivity contribution in [3.63, 3.8) is 0 Å². The largest absolute Gasteiger partial charge is 0.311 e. The zero-order valence-corrected chi connectivity index (χ0v) is 36.1. The quantitative estimate of drug-likeness (QED) is 0.126. The number of rotatable bonds is 11. The van der Waals surface area contributed by atoms with Crippen LogP contribution in [0.2, 0.25) is 0 Å². The van der Waals surface area contributed by atoms with Crippen molar-refractivity contribution in [3.8, 4) is 44.5 Å². The zero-order chi connectivity index (χ0) is 43.1. The van der Waals surface area contributed by atoms with Crippen molar-refractivity contribution < 1.29 is 0 Å². The molecule has 9 aromatic rings. The molecule has 306 valence electrons. The fourth-order valence-corrected chi connectivity index (χ4v) is 9.03. The van der Waals surface area contributed by atoms with Crippen LogP contribution in [-0.2, 0) is 0 Å². The highest BCUT2D eigenvalue weighted by molar-refractivity contribution is 5.84. The van der Waals surface area contributed by atoms with Crippen molar-refractivity contribution in [3.05, 3.63) is 283 Å². The Hall–Kier alpha value is -8.00. The van der Waals surface area contributed by atoms with Gasteiger partial charge in [-0.1, -0.05) is 231 Å².